The van der Waals surface area contributed by atoms with Gasteiger partial charge in [-0.3, -0.25) is 19.3 Å². The van der Waals surface area contributed by atoms with Crippen molar-refractivity contribution in [3.8, 4) is 5.75 Å². The number of nitrogens with one attached hydrogen (secondary N) is 2. The predicted octanol–water partition coefficient (Wildman–Crippen LogP) is 2.42. The predicted molar refractivity (Wildman–Crippen MR) is 149 cm³/mol. The Hall–Kier alpha value is -3.70. The SMILES string of the molecule is O=C(CSCc1ccccc1)N[C@@H]1C(=O)N2C(C(=O)O)=C(C(Cc3ccc(O)cc3)=C3CCNC3=O)CS[C@H]12. The highest BCUT2D eigenvalue weighted by Gasteiger charge is 2.54. The largest absolute Gasteiger partial charge is 0.508 e. The number of thioether (sulfide) groups is 2. The Morgan fingerprint density at radius 3 is 2.49 bits per heavy atom. The number of carbonyl (C=O) groups is 4. The average molecular weight is 566 g/mol. The van der Waals surface area contributed by atoms with Gasteiger partial charge in [0.05, 0.1) is 5.75 Å². The minimum atomic E-state index is -1.26. The first kappa shape index (κ1) is 26.9. The molecule has 0 aromatic heterocycles. The number of rotatable bonds is 9. The maximum Gasteiger partial charge on any atom is 0.352 e. The van der Waals surface area contributed by atoms with Crippen molar-refractivity contribution in [3.05, 3.63) is 88.1 Å². The molecule has 3 amide bonds. The van der Waals surface area contributed by atoms with Gasteiger partial charge in [0.15, 0.2) is 0 Å². The van der Waals surface area contributed by atoms with Crippen molar-refractivity contribution < 1.29 is 29.4 Å². The molecule has 2 fully saturated rings. The molecule has 2 atom stereocenters. The summed E-state index contributed by atoms with van der Waals surface area (Å²) in [5.74, 6) is -1.04. The monoisotopic (exact) mass is 565 g/mol. The van der Waals surface area contributed by atoms with Crippen LogP contribution in [0.25, 0.3) is 0 Å². The Balaban J connectivity index is 1.35. The number of hydrogen-bond donors (Lipinski definition) is 4. The van der Waals surface area contributed by atoms with Crippen LogP contribution in [0.4, 0.5) is 0 Å². The van der Waals surface area contributed by atoms with Gasteiger partial charge in [0.1, 0.15) is 22.9 Å². The lowest BCUT2D eigenvalue weighted by atomic mass is 9.90. The summed E-state index contributed by atoms with van der Waals surface area (Å²) in [4.78, 5) is 52.1. The Kier molecular flexibility index (Phi) is 7.99. The van der Waals surface area contributed by atoms with Gasteiger partial charge in [0, 0.05) is 23.6 Å². The van der Waals surface area contributed by atoms with Crippen molar-refractivity contribution in [1.82, 2.24) is 15.5 Å². The van der Waals surface area contributed by atoms with Gasteiger partial charge in [0.25, 0.3) is 5.91 Å². The van der Waals surface area contributed by atoms with E-state index in [0.717, 1.165) is 11.1 Å². The number of amides is 3. The van der Waals surface area contributed by atoms with Gasteiger partial charge in [-0.05, 0) is 47.2 Å². The highest BCUT2D eigenvalue weighted by atomic mass is 32.2. The standard InChI is InChI=1S/C28H27N3O6S2/c32-18-8-6-16(7-9-18)12-20(19-10-11-29-25(19)34)21-14-39-27-23(26(35)31(27)24(21)28(36)37)30-22(33)15-38-13-17-4-2-1-3-5-17/h1-9,23,27,32H,10-15H2,(H,29,34)(H,30,33)(H,36,37)/t23-,27-/m1/s1. The molecule has 0 bridgehead atoms. The number of carbonyl (C=O) groups excluding carboxylic acids is 3. The number of phenolic OH excluding ortho intramolecular Hbond substituents is 1. The molecule has 11 heteroatoms. The fourth-order valence-corrected chi connectivity index (χ4v) is 7.11. The maximum atomic E-state index is 13.2. The summed E-state index contributed by atoms with van der Waals surface area (Å²) >= 11 is 2.82. The average Bonchev–Trinajstić information content (AvgIpc) is 3.36. The molecule has 2 saturated heterocycles. The molecule has 0 unspecified atom stereocenters. The molecule has 39 heavy (non-hydrogen) atoms. The second-order valence-electron chi connectivity index (χ2n) is 9.37. The van der Waals surface area contributed by atoms with Crippen LogP contribution in [0.2, 0.25) is 0 Å². The Bertz CT molecular complexity index is 1370. The smallest absolute Gasteiger partial charge is 0.352 e. The molecule has 4 N–H and O–H groups in total. The number of hydrogen-bond acceptors (Lipinski definition) is 7. The number of β-lactam (4-membered cyclic amide) rings is 1. The third-order valence-electron chi connectivity index (χ3n) is 6.81. The van der Waals surface area contributed by atoms with E-state index in [1.54, 1.807) is 12.1 Å². The molecular formula is C28H27N3O6S2. The van der Waals surface area contributed by atoms with Crippen molar-refractivity contribution in [2.75, 3.05) is 18.1 Å². The van der Waals surface area contributed by atoms with Gasteiger partial charge in [-0.2, -0.15) is 0 Å². The van der Waals surface area contributed by atoms with Gasteiger partial charge < -0.3 is 20.8 Å². The number of phenols is 1. The number of nitrogens with zero attached hydrogens (tertiary/aromatic N) is 1. The van der Waals surface area contributed by atoms with Gasteiger partial charge in [-0.15, -0.1) is 23.5 Å². The highest BCUT2D eigenvalue weighted by Crippen LogP contribution is 2.43. The fourth-order valence-electron chi connectivity index (χ4n) is 4.92. The maximum absolute atomic E-state index is 13.2. The molecule has 3 aliphatic rings. The molecule has 202 valence electrons. The van der Waals surface area contributed by atoms with Crippen LogP contribution < -0.4 is 10.6 Å². The van der Waals surface area contributed by atoms with E-state index in [1.807, 2.05) is 30.3 Å². The molecule has 0 spiro atoms. The molecular weight excluding hydrogens is 538 g/mol. The molecule has 2 aromatic carbocycles. The van der Waals surface area contributed by atoms with E-state index in [1.165, 1.54) is 40.6 Å². The lowest BCUT2D eigenvalue weighted by Crippen LogP contribution is -2.70. The third kappa shape index (κ3) is 5.69. The van der Waals surface area contributed by atoms with Crippen molar-refractivity contribution in [2.24, 2.45) is 0 Å². The molecule has 0 aliphatic carbocycles. The number of allylic oxidation sites excluding steroid dienone is 1. The van der Waals surface area contributed by atoms with E-state index in [2.05, 4.69) is 10.6 Å². The summed E-state index contributed by atoms with van der Waals surface area (Å²) in [6.45, 7) is 0.456. The van der Waals surface area contributed by atoms with Crippen LogP contribution in [0.15, 0.2) is 77.0 Å². The van der Waals surface area contributed by atoms with Gasteiger partial charge >= 0.3 is 5.97 Å². The van der Waals surface area contributed by atoms with Crippen molar-refractivity contribution in [1.29, 1.82) is 0 Å². The zero-order chi connectivity index (χ0) is 27.5. The number of fused-ring (bicyclic) bond motifs is 1. The quantitative estimate of drug-likeness (QED) is 0.269. The first-order valence-corrected chi connectivity index (χ1v) is 14.6. The van der Waals surface area contributed by atoms with Crippen molar-refractivity contribution in [3.63, 3.8) is 0 Å². The summed E-state index contributed by atoms with van der Waals surface area (Å²) in [6, 6.07) is 15.5. The minimum Gasteiger partial charge on any atom is -0.508 e. The lowest BCUT2D eigenvalue weighted by molar-refractivity contribution is -0.150. The van der Waals surface area contributed by atoms with E-state index >= 15 is 0 Å². The molecule has 9 nitrogen and oxygen atoms in total. The summed E-state index contributed by atoms with van der Waals surface area (Å²) in [5, 5.41) is 24.9. The minimum absolute atomic E-state index is 0.103. The number of carboxylic acids is 1. The van der Waals surface area contributed by atoms with Crippen LogP contribution >= 0.6 is 23.5 Å². The second kappa shape index (κ2) is 11.6. The highest BCUT2D eigenvalue weighted by molar-refractivity contribution is 8.00. The summed E-state index contributed by atoms with van der Waals surface area (Å²) in [6.07, 6.45) is 0.727. The summed E-state index contributed by atoms with van der Waals surface area (Å²) < 4.78 is 0. The van der Waals surface area contributed by atoms with E-state index in [4.69, 9.17) is 0 Å². The molecule has 3 aliphatic heterocycles. The lowest BCUT2D eigenvalue weighted by Gasteiger charge is -2.49. The van der Waals surface area contributed by atoms with Crippen LogP contribution in [0, 0.1) is 0 Å². The summed E-state index contributed by atoms with van der Waals surface area (Å²) in [7, 11) is 0. The van der Waals surface area contributed by atoms with E-state index < -0.39 is 23.3 Å². The number of aliphatic carboxylic acids is 1. The van der Waals surface area contributed by atoms with Crippen molar-refractivity contribution >= 4 is 47.2 Å². The normalized spacial score (nSPS) is 21.7. The number of carboxylic acid groups (broad SMARTS) is 1. The van der Waals surface area contributed by atoms with Gasteiger partial charge in [-0.1, -0.05) is 42.5 Å². The Morgan fingerprint density at radius 1 is 1.08 bits per heavy atom. The zero-order valence-corrected chi connectivity index (χ0v) is 22.5. The van der Waals surface area contributed by atoms with E-state index in [0.29, 0.717) is 35.4 Å². The molecule has 0 radical (unpaired) electrons. The first-order chi connectivity index (χ1) is 18.8. The molecule has 2 aromatic rings. The Morgan fingerprint density at radius 2 is 1.82 bits per heavy atom. The van der Waals surface area contributed by atoms with Gasteiger partial charge in [0.2, 0.25) is 11.8 Å². The van der Waals surface area contributed by atoms with Crippen LogP contribution in [0.1, 0.15) is 17.5 Å². The van der Waals surface area contributed by atoms with Gasteiger partial charge in [-0.25, -0.2) is 4.79 Å². The van der Waals surface area contributed by atoms with Crippen molar-refractivity contribution in [2.45, 2.75) is 30.0 Å². The van der Waals surface area contributed by atoms with Crippen LogP contribution in [-0.2, 0) is 31.4 Å². The van der Waals surface area contributed by atoms with Crippen LogP contribution in [0.5, 0.6) is 5.75 Å². The van der Waals surface area contributed by atoms with E-state index in [-0.39, 0.29) is 41.2 Å². The topological polar surface area (TPSA) is 136 Å². The van der Waals surface area contributed by atoms with Crippen LogP contribution in [-0.4, -0.2) is 68.3 Å². The molecule has 3 heterocycles. The molecule has 0 saturated carbocycles. The number of benzene rings is 2. The second-order valence-corrected chi connectivity index (χ2v) is 11.5. The van der Waals surface area contributed by atoms with E-state index in [9.17, 15) is 29.4 Å². The zero-order valence-electron chi connectivity index (χ0n) is 20.9. The Labute approximate surface area is 233 Å². The summed E-state index contributed by atoms with van der Waals surface area (Å²) in [5.41, 5.74) is 3.27. The number of aromatic hydroxyl groups is 1. The first-order valence-electron chi connectivity index (χ1n) is 12.4. The fraction of sp³-hybridized carbons (Fsp3) is 0.286. The third-order valence-corrected chi connectivity index (χ3v) is 9.10. The van der Waals surface area contributed by atoms with Crippen LogP contribution in [0.3, 0.4) is 0 Å². The molecule has 5 rings (SSSR count).